The van der Waals surface area contributed by atoms with E-state index in [1.807, 2.05) is 0 Å². The van der Waals surface area contributed by atoms with Crippen molar-refractivity contribution in [2.45, 2.75) is 19.8 Å². The van der Waals surface area contributed by atoms with Gasteiger partial charge in [-0.3, -0.25) is 10.1 Å². The minimum absolute atomic E-state index is 0.0651. The maximum absolute atomic E-state index is 11.6. The van der Waals surface area contributed by atoms with Crippen LogP contribution in [0.3, 0.4) is 0 Å². The fraction of sp³-hybridized carbons (Fsp3) is 0.353. The molecule has 1 unspecified atom stereocenters. The van der Waals surface area contributed by atoms with Gasteiger partial charge in [-0.2, -0.15) is 0 Å². The van der Waals surface area contributed by atoms with Crippen LogP contribution in [0.25, 0.3) is 11.1 Å². The molecule has 2 aromatic rings. The summed E-state index contributed by atoms with van der Waals surface area (Å²) in [6.07, 6.45) is 4.02. The quantitative estimate of drug-likeness (QED) is 0.547. The smallest absolute Gasteiger partial charge is 0.319 e. The van der Waals surface area contributed by atoms with E-state index in [1.54, 1.807) is 30.5 Å². The minimum atomic E-state index is -0.419. The minimum Gasteiger partial charge on any atom is -0.364 e. The van der Waals surface area contributed by atoms with Crippen molar-refractivity contribution in [3.63, 3.8) is 0 Å². The predicted molar refractivity (Wildman–Crippen MR) is 96.7 cm³/mol. The van der Waals surface area contributed by atoms with Crippen molar-refractivity contribution in [1.29, 1.82) is 0 Å². The lowest BCUT2D eigenvalue weighted by Gasteiger charge is -2.13. The lowest BCUT2D eigenvalue weighted by Crippen LogP contribution is -2.15. The topological polar surface area (TPSA) is 68.1 Å². The Morgan fingerprint density at radius 1 is 1.33 bits per heavy atom. The number of aromatic nitrogens is 1. The lowest BCUT2D eigenvalue weighted by atomic mass is 10.0. The molecule has 0 radical (unpaired) electrons. The lowest BCUT2D eigenvalue weighted by molar-refractivity contribution is -0.383. The molecule has 1 aliphatic carbocycles. The Bertz CT molecular complexity index is 778. The summed E-state index contributed by atoms with van der Waals surface area (Å²) < 4.78 is 0. The molecular formula is C17H17Cl2N3O2. The van der Waals surface area contributed by atoms with Crippen molar-refractivity contribution in [3.05, 3.63) is 50.6 Å². The van der Waals surface area contributed by atoms with Crippen molar-refractivity contribution in [1.82, 2.24) is 4.98 Å². The molecule has 1 saturated carbocycles. The number of nitrogens with one attached hydrogen (secondary N) is 1. The fourth-order valence-corrected chi connectivity index (χ4v) is 3.29. The summed E-state index contributed by atoms with van der Waals surface area (Å²) in [5.74, 6) is 1.45. The molecular weight excluding hydrogens is 349 g/mol. The number of hydrogen-bond donors (Lipinski definition) is 1. The first-order valence-corrected chi connectivity index (χ1v) is 8.55. The zero-order valence-electron chi connectivity index (χ0n) is 13.1. The first kappa shape index (κ1) is 17.0. The van der Waals surface area contributed by atoms with Gasteiger partial charge >= 0.3 is 5.69 Å². The highest BCUT2D eigenvalue weighted by Gasteiger charge is 2.29. The Morgan fingerprint density at radius 3 is 2.71 bits per heavy atom. The van der Waals surface area contributed by atoms with E-state index in [0.717, 1.165) is 0 Å². The normalized spacial score (nSPS) is 15.1. The number of nitrogens with zero attached hydrogens (tertiary/aromatic N) is 2. The molecule has 5 nitrogen and oxygen atoms in total. The van der Waals surface area contributed by atoms with Crippen molar-refractivity contribution in [2.24, 2.45) is 11.8 Å². The van der Waals surface area contributed by atoms with Crippen molar-refractivity contribution in [2.75, 3.05) is 11.9 Å². The second kappa shape index (κ2) is 6.95. The second-order valence-electron chi connectivity index (χ2n) is 6.13. The summed E-state index contributed by atoms with van der Waals surface area (Å²) in [6, 6.07) is 6.52. The van der Waals surface area contributed by atoms with Crippen LogP contribution in [-0.4, -0.2) is 16.5 Å². The molecule has 7 heteroatoms. The van der Waals surface area contributed by atoms with Gasteiger partial charge in [0.2, 0.25) is 5.82 Å². The van der Waals surface area contributed by atoms with Crippen LogP contribution in [0.2, 0.25) is 10.0 Å². The molecule has 1 atom stereocenters. The standard InChI is InChI=1S/C17H17Cl2N3O2/c1-10(11-2-3-11)9-21-17-16(22(23)24)14(6-7-20-17)13-5-4-12(18)8-15(13)19/h4-8,10-11H,2-3,9H2,1H3,(H,20,21). The van der Waals surface area contributed by atoms with E-state index in [0.29, 0.717) is 39.6 Å². The van der Waals surface area contributed by atoms with Gasteiger partial charge in [0.25, 0.3) is 0 Å². The summed E-state index contributed by atoms with van der Waals surface area (Å²) in [5, 5.41) is 15.6. The number of rotatable bonds is 6. The molecule has 0 spiro atoms. The van der Waals surface area contributed by atoms with Gasteiger partial charge in [-0.1, -0.05) is 36.2 Å². The first-order valence-electron chi connectivity index (χ1n) is 7.80. The molecule has 0 amide bonds. The number of anilines is 1. The van der Waals surface area contributed by atoms with Gasteiger partial charge in [-0.05, 0) is 42.9 Å². The van der Waals surface area contributed by atoms with E-state index in [2.05, 4.69) is 17.2 Å². The van der Waals surface area contributed by atoms with Gasteiger partial charge in [0.15, 0.2) is 0 Å². The number of benzene rings is 1. The SMILES string of the molecule is CC(CNc1nccc(-c2ccc(Cl)cc2Cl)c1[N+](=O)[O-])C1CC1. The average molecular weight is 366 g/mol. The van der Waals surface area contributed by atoms with Gasteiger partial charge in [-0.15, -0.1) is 0 Å². The van der Waals surface area contributed by atoms with Crippen LogP contribution in [0.4, 0.5) is 11.5 Å². The summed E-state index contributed by atoms with van der Waals surface area (Å²) in [6.45, 7) is 2.81. The fourth-order valence-electron chi connectivity index (χ4n) is 2.78. The molecule has 1 aromatic carbocycles. The van der Waals surface area contributed by atoms with E-state index in [-0.39, 0.29) is 11.5 Å². The number of nitro groups is 1. The zero-order chi connectivity index (χ0) is 17.3. The second-order valence-corrected chi connectivity index (χ2v) is 6.98. The van der Waals surface area contributed by atoms with E-state index in [1.165, 1.54) is 12.8 Å². The van der Waals surface area contributed by atoms with Crippen LogP contribution in [-0.2, 0) is 0 Å². The Kier molecular flexibility index (Phi) is 4.92. The Labute approximate surface area is 150 Å². The summed E-state index contributed by atoms with van der Waals surface area (Å²) in [4.78, 5) is 15.4. The van der Waals surface area contributed by atoms with Gasteiger partial charge in [-0.25, -0.2) is 4.98 Å². The van der Waals surface area contributed by atoms with E-state index < -0.39 is 4.92 Å². The Morgan fingerprint density at radius 2 is 2.08 bits per heavy atom. The number of halogens is 2. The molecule has 1 heterocycles. The highest BCUT2D eigenvalue weighted by atomic mass is 35.5. The Balaban J connectivity index is 1.96. The highest BCUT2D eigenvalue weighted by molar-refractivity contribution is 6.36. The van der Waals surface area contributed by atoms with Crippen LogP contribution in [0.5, 0.6) is 0 Å². The van der Waals surface area contributed by atoms with Crippen molar-refractivity contribution < 1.29 is 4.92 Å². The largest absolute Gasteiger partial charge is 0.364 e. The first-order chi connectivity index (χ1) is 11.5. The van der Waals surface area contributed by atoms with E-state index in [4.69, 9.17) is 23.2 Å². The highest BCUT2D eigenvalue weighted by Crippen LogP contribution is 2.40. The molecule has 0 aliphatic heterocycles. The van der Waals surface area contributed by atoms with Gasteiger partial charge in [0.05, 0.1) is 15.5 Å². The molecule has 1 aliphatic rings. The average Bonchev–Trinajstić information content (AvgIpc) is 3.37. The van der Waals surface area contributed by atoms with Gasteiger partial charge in [0, 0.05) is 23.3 Å². The van der Waals surface area contributed by atoms with Crippen LogP contribution >= 0.6 is 23.2 Å². The van der Waals surface area contributed by atoms with E-state index >= 15 is 0 Å². The summed E-state index contributed by atoms with van der Waals surface area (Å²) in [5.41, 5.74) is 0.927. The summed E-state index contributed by atoms with van der Waals surface area (Å²) in [7, 11) is 0. The molecule has 126 valence electrons. The third-order valence-corrected chi connectivity index (χ3v) is 4.89. The van der Waals surface area contributed by atoms with Crippen LogP contribution < -0.4 is 5.32 Å². The molecule has 1 aromatic heterocycles. The molecule has 0 saturated heterocycles. The van der Waals surface area contributed by atoms with Crippen molar-refractivity contribution >= 4 is 34.7 Å². The van der Waals surface area contributed by atoms with Crippen LogP contribution in [0.1, 0.15) is 19.8 Å². The van der Waals surface area contributed by atoms with E-state index in [9.17, 15) is 10.1 Å². The predicted octanol–water partition coefficient (Wildman–Crippen LogP) is 5.42. The van der Waals surface area contributed by atoms with Gasteiger partial charge < -0.3 is 5.32 Å². The summed E-state index contributed by atoms with van der Waals surface area (Å²) >= 11 is 12.1. The van der Waals surface area contributed by atoms with Crippen LogP contribution in [0, 0.1) is 22.0 Å². The number of hydrogen-bond acceptors (Lipinski definition) is 4. The molecule has 3 rings (SSSR count). The maximum atomic E-state index is 11.6. The monoisotopic (exact) mass is 365 g/mol. The van der Waals surface area contributed by atoms with Crippen molar-refractivity contribution in [3.8, 4) is 11.1 Å². The Hall–Kier alpha value is -1.85. The van der Waals surface area contributed by atoms with Gasteiger partial charge in [0.1, 0.15) is 0 Å². The third kappa shape index (κ3) is 3.62. The molecule has 1 N–H and O–H groups in total. The molecule has 24 heavy (non-hydrogen) atoms. The zero-order valence-corrected chi connectivity index (χ0v) is 14.6. The molecule has 0 bridgehead atoms. The van der Waals surface area contributed by atoms with Crippen LogP contribution in [0.15, 0.2) is 30.5 Å². The molecule has 1 fully saturated rings. The number of pyridine rings is 1. The third-order valence-electron chi connectivity index (χ3n) is 4.35. The maximum Gasteiger partial charge on any atom is 0.319 e.